The first-order valence-corrected chi connectivity index (χ1v) is 5.49. The molecule has 0 saturated heterocycles. The minimum absolute atomic E-state index is 0.0419. The number of hydrogen-bond donors (Lipinski definition) is 2. The van der Waals surface area contributed by atoms with E-state index in [1.54, 1.807) is 0 Å². The Bertz CT molecular complexity index is 563. The van der Waals surface area contributed by atoms with Crippen LogP contribution in [0, 0.1) is 21.7 Å². The van der Waals surface area contributed by atoms with Crippen molar-refractivity contribution in [2.75, 3.05) is 13.6 Å². The zero-order valence-electron chi connectivity index (χ0n) is 10.4. The standard InChI is InChI=1S/C11H11F2N3O4/c1-14-10(17)2-3-15-11(18)6-4-7(12)8(13)5-9(6)16(19)20/h4-5H,2-3H2,1H3,(H,14,17)(H,15,18). The molecule has 0 aliphatic rings. The summed E-state index contributed by atoms with van der Waals surface area (Å²) in [7, 11) is 1.41. The molecule has 20 heavy (non-hydrogen) atoms. The summed E-state index contributed by atoms with van der Waals surface area (Å²) in [6.45, 7) is -0.0886. The number of hydrogen-bond acceptors (Lipinski definition) is 4. The van der Waals surface area contributed by atoms with Gasteiger partial charge in [-0.1, -0.05) is 0 Å². The zero-order valence-corrected chi connectivity index (χ0v) is 10.4. The fourth-order valence-corrected chi connectivity index (χ4v) is 1.38. The summed E-state index contributed by atoms with van der Waals surface area (Å²) in [5.74, 6) is -4.09. The summed E-state index contributed by atoms with van der Waals surface area (Å²) >= 11 is 0. The molecule has 0 bridgehead atoms. The van der Waals surface area contributed by atoms with Gasteiger partial charge in [0.05, 0.1) is 11.0 Å². The number of benzene rings is 1. The summed E-state index contributed by atoms with van der Waals surface area (Å²) in [4.78, 5) is 32.3. The molecule has 108 valence electrons. The number of nitro benzene ring substituents is 1. The van der Waals surface area contributed by atoms with Crippen LogP contribution in [0.1, 0.15) is 16.8 Å². The Balaban J connectivity index is 2.89. The molecule has 0 aliphatic carbocycles. The van der Waals surface area contributed by atoms with Crippen LogP contribution in [0.5, 0.6) is 0 Å². The molecule has 0 radical (unpaired) electrons. The fourth-order valence-electron chi connectivity index (χ4n) is 1.38. The third kappa shape index (κ3) is 3.70. The molecule has 1 rings (SSSR count). The Labute approximate surface area is 112 Å². The predicted octanol–water partition coefficient (Wildman–Crippen LogP) is 0.739. The van der Waals surface area contributed by atoms with E-state index in [2.05, 4.69) is 10.6 Å². The molecule has 2 N–H and O–H groups in total. The summed E-state index contributed by atoms with van der Waals surface area (Å²) in [5.41, 5.74) is -1.45. The number of rotatable bonds is 5. The highest BCUT2D eigenvalue weighted by atomic mass is 19.2. The van der Waals surface area contributed by atoms with E-state index in [0.29, 0.717) is 12.1 Å². The second-order valence-corrected chi connectivity index (χ2v) is 3.72. The minimum atomic E-state index is -1.42. The van der Waals surface area contributed by atoms with Crippen LogP contribution in [0.15, 0.2) is 12.1 Å². The smallest absolute Gasteiger partial charge is 0.285 e. The van der Waals surface area contributed by atoms with Gasteiger partial charge >= 0.3 is 0 Å². The van der Waals surface area contributed by atoms with Crippen LogP contribution in [0.2, 0.25) is 0 Å². The molecule has 0 aliphatic heterocycles. The van der Waals surface area contributed by atoms with Crippen molar-refractivity contribution in [1.82, 2.24) is 10.6 Å². The maximum Gasteiger partial charge on any atom is 0.285 e. The van der Waals surface area contributed by atoms with Gasteiger partial charge in [-0.25, -0.2) is 8.78 Å². The molecule has 9 heteroatoms. The van der Waals surface area contributed by atoms with Crippen molar-refractivity contribution >= 4 is 17.5 Å². The average Bonchev–Trinajstić information content (AvgIpc) is 2.40. The van der Waals surface area contributed by atoms with E-state index in [0.717, 1.165) is 0 Å². The monoisotopic (exact) mass is 287 g/mol. The predicted molar refractivity (Wildman–Crippen MR) is 64.0 cm³/mol. The van der Waals surface area contributed by atoms with E-state index in [9.17, 15) is 28.5 Å². The van der Waals surface area contributed by atoms with E-state index >= 15 is 0 Å². The minimum Gasteiger partial charge on any atom is -0.359 e. The van der Waals surface area contributed by atoms with E-state index in [4.69, 9.17) is 0 Å². The van der Waals surface area contributed by atoms with Crippen LogP contribution in [-0.4, -0.2) is 30.3 Å². The molecule has 7 nitrogen and oxygen atoms in total. The molecule has 2 amide bonds. The van der Waals surface area contributed by atoms with Crippen LogP contribution in [0.3, 0.4) is 0 Å². The highest BCUT2D eigenvalue weighted by molar-refractivity contribution is 5.98. The molecular formula is C11H11F2N3O4. The number of amides is 2. The Hall–Kier alpha value is -2.58. The number of nitrogens with zero attached hydrogens (tertiary/aromatic N) is 1. The van der Waals surface area contributed by atoms with Crippen molar-refractivity contribution in [2.24, 2.45) is 0 Å². The Morgan fingerprint density at radius 3 is 2.45 bits per heavy atom. The van der Waals surface area contributed by atoms with Gasteiger partial charge < -0.3 is 10.6 Å². The summed E-state index contributed by atoms with van der Waals surface area (Å²) < 4.78 is 26.0. The molecule has 1 aromatic carbocycles. The van der Waals surface area contributed by atoms with Gasteiger partial charge in [-0.3, -0.25) is 19.7 Å². The normalized spacial score (nSPS) is 9.95. The molecular weight excluding hydrogens is 276 g/mol. The number of carbonyl (C=O) groups excluding carboxylic acids is 2. The zero-order chi connectivity index (χ0) is 15.3. The fraction of sp³-hybridized carbons (Fsp3) is 0.273. The first kappa shape index (κ1) is 15.5. The Morgan fingerprint density at radius 1 is 1.30 bits per heavy atom. The topological polar surface area (TPSA) is 101 Å². The molecule has 0 fully saturated rings. The van der Waals surface area contributed by atoms with E-state index in [1.165, 1.54) is 7.05 Å². The molecule has 0 unspecified atom stereocenters. The number of carbonyl (C=O) groups is 2. The Morgan fingerprint density at radius 2 is 1.90 bits per heavy atom. The summed E-state index contributed by atoms with van der Waals surface area (Å²) in [6.07, 6.45) is -0.0419. The van der Waals surface area contributed by atoms with E-state index < -0.39 is 33.7 Å². The Kier molecular flexibility index (Phi) is 5.07. The van der Waals surface area contributed by atoms with Crippen molar-refractivity contribution < 1.29 is 23.3 Å². The molecule has 0 atom stereocenters. The van der Waals surface area contributed by atoms with Gasteiger partial charge in [0.15, 0.2) is 11.6 Å². The van der Waals surface area contributed by atoms with Gasteiger partial charge in [0.1, 0.15) is 5.56 Å². The number of halogens is 2. The van der Waals surface area contributed by atoms with Crippen LogP contribution < -0.4 is 10.6 Å². The second kappa shape index (κ2) is 6.55. The second-order valence-electron chi connectivity index (χ2n) is 3.72. The lowest BCUT2D eigenvalue weighted by Crippen LogP contribution is -2.29. The van der Waals surface area contributed by atoms with Gasteiger partial charge in [-0.05, 0) is 6.07 Å². The molecule has 0 heterocycles. The third-order valence-corrected chi connectivity index (χ3v) is 2.40. The van der Waals surface area contributed by atoms with E-state index in [1.807, 2.05) is 0 Å². The largest absolute Gasteiger partial charge is 0.359 e. The molecule has 0 spiro atoms. The van der Waals surface area contributed by atoms with Gasteiger partial charge in [0.25, 0.3) is 11.6 Å². The molecule has 1 aromatic rings. The van der Waals surface area contributed by atoms with Crippen molar-refractivity contribution in [3.05, 3.63) is 39.4 Å². The lowest BCUT2D eigenvalue weighted by molar-refractivity contribution is -0.385. The summed E-state index contributed by atoms with van der Waals surface area (Å²) in [6, 6.07) is 0.783. The third-order valence-electron chi connectivity index (χ3n) is 2.40. The van der Waals surface area contributed by atoms with Crippen molar-refractivity contribution in [3.63, 3.8) is 0 Å². The van der Waals surface area contributed by atoms with Crippen LogP contribution in [0.4, 0.5) is 14.5 Å². The maximum absolute atomic E-state index is 13.0. The molecule has 0 saturated carbocycles. The van der Waals surface area contributed by atoms with Gasteiger partial charge in [-0.2, -0.15) is 0 Å². The lowest BCUT2D eigenvalue weighted by Gasteiger charge is -2.06. The van der Waals surface area contributed by atoms with Gasteiger partial charge in [-0.15, -0.1) is 0 Å². The summed E-state index contributed by atoms with van der Waals surface area (Å²) in [5, 5.41) is 15.2. The highest BCUT2D eigenvalue weighted by Crippen LogP contribution is 2.22. The van der Waals surface area contributed by atoms with Crippen molar-refractivity contribution in [3.8, 4) is 0 Å². The SMILES string of the molecule is CNC(=O)CCNC(=O)c1cc(F)c(F)cc1[N+](=O)[O-]. The van der Waals surface area contributed by atoms with Crippen LogP contribution in [0.25, 0.3) is 0 Å². The number of nitrogens with one attached hydrogen (secondary N) is 2. The van der Waals surface area contributed by atoms with Crippen molar-refractivity contribution in [1.29, 1.82) is 0 Å². The average molecular weight is 287 g/mol. The van der Waals surface area contributed by atoms with Crippen molar-refractivity contribution in [2.45, 2.75) is 6.42 Å². The first-order chi connectivity index (χ1) is 9.36. The van der Waals surface area contributed by atoms with Gasteiger partial charge in [0, 0.05) is 20.0 Å². The molecule has 0 aromatic heterocycles. The first-order valence-electron chi connectivity index (χ1n) is 5.49. The van der Waals surface area contributed by atoms with Crippen LogP contribution >= 0.6 is 0 Å². The van der Waals surface area contributed by atoms with Gasteiger partial charge in [0.2, 0.25) is 5.91 Å². The van der Waals surface area contributed by atoms with Crippen LogP contribution in [-0.2, 0) is 4.79 Å². The highest BCUT2D eigenvalue weighted by Gasteiger charge is 2.23. The number of nitro groups is 1. The maximum atomic E-state index is 13.0. The quantitative estimate of drug-likeness (QED) is 0.616. The lowest BCUT2D eigenvalue weighted by atomic mass is 10.1. The van der Waals surface area contributed by atoms with E-state index in [-0.39, 0.29) is 18.9 Å².